The zero-order valence-corrected chi connectivity index (χ0v) is 15.2. The molecule has 0 unspecified atom stereocenters. The number of aliphatic hydroxyl groups excluding tert-OH is 1. The van der Waals surface area contributed by atoms with Crippen molar-refractivity contribution in [3.05, 3.63) is 75.9 Å². The van der Waals surface area contributed by atoms with Crippen LogP contribution in [0, 0.1) is 17.9 Å². The van der Waals surface area contributed by atoms with Crippen LogP contribution in [0.4, 0.5) is 5.69 Å². The predicted octanol–water partition coefficient (Wildman–Crippen LogP) is 4.52. The topological polar surface area (TPSA) is 87.3 Å². The van der Waals surface area contributed by atoms with Gasteiger partial charge in [-0.1, -0.05) is 29.8 Å². The molecule has 0 amide bonds. The van der Waals surface area contributed by atoms with Crippen LogP contribution in [0.1, 0.15) is 29.9 Å². The van der Waals surface area contributed by atoms with Gasteiger partial charge in [-0.25, -0.2) is 4.85 Å². The molecule has 0 saturated heterocycles. The van der Waals surface area contributed by atoms with E-state index in [0.29, 0.717) is 40.0 Å². The minimum absolute atomic E-state index is 0.315. The molecule has 134 valence electrons. The number of aromatic nitrogens is 2. The lowest BCUT2D eigenvalue weighted by molar-refractivity contribution is 0.148. The van der Waals surface area contributed by atoms with Gasteiger partial charge in [-0.3, -0.25) is 0 Å². The summed E-state index contributed by atoms with van der Waals surface area (Å²) in [5, 5.41) is 27.6. The number of hydrogen-bond donors (Lipinski definition) is 1. The van der Waals surface area contributed by atoms with Gasteiger partial charge in [-0.15, -0.1) is 10.2 Å². The first-order valence-corrected chi connectivity index (χ1v) is 8.57. The predicted molar refractivity (Wildman–Crippen MR) is 100 cm³/mol. The molecule has 1 heterocycles. The van der Waals surface area contributed by atoms with Gasteiger partial charge < -0.3 is 9.52 Å². The van der Waals surface area contributed by atoms with Crippen molar-refractivity contribution in [1.82, 2.24) is 10.2 Å². The summed E-state index contributed by atoms with van der Waals surface area (Å²) in [5.41, 5.74) is 2.48. The van der Waals surface area contributed by atoms with Crippen molar-refractivity contribution >= 4 is 17.3 Å². The molecule has 27 heavy (non-hydrogen) atoms. The Morgan fingerprint density at radius 2 is 2.00 bits per heavy atom. The molecule has 2 atom stereocenters. The number of nitrogens with zero attached hydrogens (tertiary/aromatic N) is 4. The Labute approximate surface area is 161 Å². The van der Waals surface area contributed by atoms with Crippen molar-refractivity contribution in [3.63, 3.8) is 0 Å². The lowest BCUT2D eigenvalue weighted by Crippen LogP contribution is -2.17. The van der Waals surface area contributed by atoms with Crippen molar-refractivity contribution in [3.8, 4) is 17.5 Å². The summed E-state index contributed by atoms with van der Waals surface area (Å²) >= 11 is 6.10. The maximum atomic E-state index is 10.2. The van der Waals surface area contributed by atoms with E-state index >= 15 is 0 Å². The number of halogens is 1. The molecule has 0 fully saturated rings. The molecular weight excluding hydrogens is 364 g/mol. The summed E-state index contributed by atoms with van der Waals surface area (Å²) in [6.45, 7) is 8.72. The van der Waals surface area contributed by atoms with Gasteiger partial charge >= 0.3 is 0 Å². The summed E-state index contributed by atoms with van der Waals surface area (Å²) in [6, 6.07) is 14.0. The molecular formula is C20H15ClN4O2. The third kappa shape index (κ3) is 4.15. The highest BCUT2D eigenvalue weighted by Gasteiger charge is 2.25. The van der Waals surface area contributed by atoms with Gasteiger partial charge in [-0.2, -0.15) is 5.26 Å². The van der Waals surface area contributed by atoms with Crippen LogP contribution in [-0.2, 0) is 6.42 Å². The van der Waals surface area contributed by atoms with Crippen LogP contribution in [0.25, 0.3) is 16.3 Å². The number of benzene rings is 2. The second kappa shape index (κ2) is 8.01. The van der Waals surface area contributed by atoms with Crippen molar-refractivity contribution in [2.45, 2.75) is 25.4 Å². The Morgan fingerprint density at radius 3 is 2.59 bits per heavy atom. The third-order valence-corrected chi connectivity index (χ3v) is 4.49. The molecule has 3 aromatic rings. The Hall–Kier alpha value is -3.19. The second-order valence-electron chi connectivity index (χ2n) is 6.08. The molecule has 2 aromatic carbocycles. The fourth-order valence-electron chi connectivity index (χ4n) is 2.67. The van der Waals surface area contributed by atoms with Crippen molar-refractivity contribution < 1.29 is 9.52 Å². The van der Waals surface area contributed by atoms with E-state index < -0.39 is 12.0 Å². The van der Waals surface area contributed by atoms with Gasteiger partial charge in [0.1, 0.15) is 0 Å². The number of hydrogen-bond acceptors (Lipinski definition) is 5. The van der Waals surface area contributed by atoms with Crippen LogP contribution in [0.3, 0.4) is 0 Å². The fourth-order valence-corrected chi connectivity index (χ4v) is 2.92. The third-order valence-electron chi connectivity index (χ3n) is 4.19. The Morgan fingerprint density at radius 1 is 1.26 bits per heavy atom. The lowest BCUT2D eigenvalue weighted by atomic mass is 9.94. The number of aliphatic hydroxyl groups is 1. The molecule has 1 aromatic heterocycles. The van der Waals surface area contributed by atoms with Crippen LogP contribution >= 0.6 is 11.6 Å². The van der Waals surface area contributed by atoms with E-state index in [4.69, 9.17) is 27.9 Å². The lowest BCUT2D eigenvalue weighted by Gasteiger charge is -2.16. The Balaban J connectivity index is 1.85. The summed E-state index contributed by atoms with van der Waals surface area (Å²) in [5.74, 6) is 0.218. The molecule has 7 heteroatoms. The standard InChI is InChI=1S/C20H15ClN4O2/c1-12(26)16(9-14-5-8-18(23-2)17(21)10-14)20-25-24-19(27-20)15-6-3-13(11-22)4-7-15/h3-8,10,12,16,26H,9H2,1H3/t12-,16-/m1/s1. The molecule has 0 radical (unpaired) electrons. The Kier molecular flexibility index (Phi) is 5.52. The minimum Gasteiger partial charge on any atom is -0.420 e. The highest BCUT2D eigenvalue weighted by molar-refractivity contribution is 6.33. The molecule has 0 aliphatic heterocycles. The van der Waals surface area contributed by atoms with Gasteiger partial charge in [-0.05, 0) is 43.2 Å². The molecule has 1 N–H and O–H groups in total. The molecule has 0 saturated carbocycles. The van der Waals surface area contributed by atoms with Crippen LogP contribution < -0.4 is 0 Å². The van der Waals surface area contributed by atoms with Gasteiger partial charge in [0.05, 0.1) is 30.2 Å². The first-order valence-electron chi connectivity index (χ1n) is 8.19. The maximum absolute atomic E-state index is 10.2. The molecule has 0 aliphatic carbocycles. The molecule has 0 aliphatic rings. The summed E-state index contributed by atoms with van der Waals surface area (Å²) < 4.78 is 5.77. The van der Waals surface area contributed by atoms with Crippen LogP contribution in [0.2, 0.25) is 5.02 Å². The SMILES string of the molecule is [C-]#[N+]c1ccc(C[C@@H](c2nnc(-c3ccc(C#N)cc3)o2)[C@@H](C)O)cc1Cl. The Bertz CT molecular complexity index is 1030. The van der Waals surface area contributed by atoms with E-state index in [2.05, 4.69) is 21.1 Å². The quantitative estimate of drug-likeness (QED) is 0.659. The van der Waals surface area contributed by atoms with E-state index in [9.17, 15) is 5.11 Å². The van der Waals surface area contributed by atoms with Gasteiger partial charge in [0.25, 0.3) is 0 Å². The largest absolute Gasteiger partial charge is 0.420 e. The van der Waals surface area contributed by atoms with Crippen LogP contribution in [0.5, 0.6) is 0 Å². The van der Waals surface area contributed by atoms with Gasteiger partial charge in [0, 0.05) is 10.6 Å². The first-order chi connectivity index (χ1) is 13.0. The van der Waals surface area contributed by atoms with Crippen molar-refractivity contribution in [2.75, 3.05) is 0 Å². The van der Waals surface area contributed by atoms with E-state index in [-0.39, 0.29) is 0 Å². The van der Waals surface area contributed by atoms with Gasteiger partial charge in [0.15, 0.2) is 0 Å². The summed E-state index contributed by atoms with van der Waals surface area (Å²) in [6.07, 6.45) is -0.288. The summed E-state index contributed by atoms with van der Waals surface area (Å²) in [7, 11) is 0. The van der Waals surface area contributed by atoms with Crippen LogP contribution in [-0.4, -0.2) is 21.4 Å². The smallest absolute Gasteiger partial charge is 0.247 e. The average molecular weight is 379 g/mol. The van der Waals surface area contributed by atoms with E-state index in [0.717, 1.165) is 5.56 Å². The second-order valence-corrected chi connectivity index (χ2v) is 6.49. The van der Waals surface area contributed by atoms with Crippen LogP contribution in [0.15, 0.2) is 46.9 Å². The molecule has 3 rings (SSSR count). The highest BCUT2D eigenvalue weighted by atomic mass is 35.5. The molecule has 0 bridgehead atoms. The minimum atomic E-state index is -0.724. The normalized spacial score (nSPS) is 12.8. The van der Waals surface area contributed by atoms with Gasteiger partial charge in [0.2, 0.25) is 17.5 Å². The van der Waals surface area contributed by atoms with E-state index in [1.165, 1.54) is 0 Å². The number of rotatable bonds is 5. The fraction of sp³-hybridized carbons (Fsp3) is 0.200. The highest BCUT2D eigenvalue weighted by Crippen LogP contribution is 2.30. The molecule has 6 nitrogen and oxygen atoms in total. The monoisotopic (exact) mass is 378 g/mol. The van der Waals surface area contributed by atoms with Crippen molar-refractivity contribution in [2.24, 2.45) is 0 Å². The van der Waals surface area contributed by atoms with Crippen molar-refractivity contribution in [1.29, 1.82) is 5.26 Å². The van der Waals surface area contributed by atoms with E-state index in [1.807, 2.05) is 0 Å². The summed E-state index contributed by atoms with van der Waals surface area (Å²) in [4.78, 5) is 3.34. The molecule has 0 spiro atoms. The zero-order chi connectivity index (χ0) is 19.4. The zero-order valence-electron chi connectivity index (χ0n) is 14.4. The first kappa shape index (κ1) is 18.6. The van der Waals surface area contributed by atoms with E-state index in [1.54, 1.807) is 49.4 Å². The maximum Gasteiger partial charge on any atom is 0.247 e. The average Bonchev–Trinajstić information content (AvgIpc) is 3.16. The number of nitriles is 1.